The van der Waals surface area contributed by atoms with Gasteiger partial charge in [-0.3, -0.25) is 0 Å². The number of carboxylic acid groups (broad SMARTS) is 1. The second kappa shape index (κ2) is 10.7. The van der Waals surface area contributed by atoms with E-state index in [1.165, 1.54) is 44.9 Å². The first-order valence-electron chi connectivity index (χ1n) is 7.92. The predicted octanol–water partition coefficient (Wildman–Crippen LogP) is 5.70. The fourth-order valence-electron chi connectivity index (χ4n) is 2.27. The standard InChI is InChI=1S/C17H26BrNO2/c1-2-3-4-5-6-7-8-9-12-19-16-11-10-14(17(20)21)13-15(16)18/h10-11,13,19H,2-9,12H2,1H3,(H,20,21). The van der Waals surface area contributed by atoms with E-state index in [2.05, 4.69) is 28.2 Å². The normalized spacial score (nSPS) is 10.6. The van der Waals surface area contributed by atoms with Crippen LogP contribution in [0.25, 0.3) is 0 Å². The van der Waals surface area contributed by atoms with Crippen molar-refractivity contribution in [2.45, 2.75) is 58.3 Å². The Bertz CT molecular complexity index is 435. The molecule has 1 aromatic rings. The van der Waals surface area contributed by atoms with Gasteiger partial charge in [-0.1, -0.05) is 51.9 Å². The van der Waals surface area contributed by atoms with Crippen LogP contribution in [0, 0.1) is 0 Å². The van der Waals surface area contributed by atoms with Gasteiger partial charge >= 0.3 is 5.97 Å². The smallest absolute Gasteiger partial charge is 0.335 e. The highest BCUT2D eigenvalue weighted by molar-refractivity contribution is 9.10. The molecule has 0 aliphatic rings. The molecule has 0 fully saturated rings. The summed E-state index contributed by atoms with van der Waals surface area (Å²) in [6, 6.07) is 5.08. The highest BCUT2D eigenvalue weighted by Crippen LogP contribution is 2.23. The molecule has 0 saturated carbocycles. The highest BCUT2D eigenvalue weighted by atomic mass is 79.9. The highest BCUT2D eigenvalue weighted by Gasteiger charge is 2.06. The van der Waals surface area contributed by atoms with E-state index in [0.29, 0.717) is 5.56 Å². The van der Waals surface area contributed by atoms with Gasteiger partial charge in [-0.05, 0) is 40.5 Å². The van der Waals surface area contributed by atoms with E-state index in [1.807, 2.05) is 6.07 Å². The van der Waals surface area contributed by atoms with Gasteiger partial charge in [0, 0.05) is 16.7 Å². The molecule has 0 radical (unpaired) electrons. The van der Waals surface area contributed by atoms with Gasteiger partial charge in [-0.2, -0.15) is 0 Å². The molecule has 0 heterocycles. The predicted molar refractivity (Wildman–Crippen MR) is 92.2 cm³/mol. The van der Waals surface area contributed by atoms with E-state index in [-0.39, 0.29) is 0 Å². The molecular weight excluding hydrogens is 330 g/mol. The maximum atomic E-state index is 10.8. The zero-order chi connectivity index (χ0) is 15.5. The minimum absolute atomic E-state index is 0.305. The number of aromatic carboxylic acids is 1. The second-order valence-corrected chi connectivity index (χ2v) is 6.26. The Morgan fingerprint density at radius 2 is 1.71 bits per heavy atom. The molecule has 118 valence electrons. The summed E-state index contributed by atoms with van der Waals surface area (Å²) in [5.41, 5.74) is 1.27. The molecule has 0 unspecified atom stereocenters. The Kier molecular flexibility index (Phi) is 9.15. The van der Waals surface area contributed by atoms with Crippen LogP contribution in [-0.2, 0) is 0 Å². The third-order valence-electron chi connectivity index (χ3n) is 3.56. The lowest BCUT2D eigenvalue weighted by molar-refractivity contribution is 0.0697. The summed E-state index contributed by atoms with van der Waals surface area (Å²) in [5, 5.41) is 12.3. The molecule has 0 atom stereocenters. The van der Waals surface area contributed by atoms with Crippen LogP contribution >= 0.6 is 15.9 Å². The molecule has 3 nitrogen and oxygen atoms in total. The Morgan fingerprint density at radius 1 is 1.10 bits per heavy atom. The van der Waals surface area contributed by atoms with E-state index in [1.54, 1.807) is 12.1 Å². The van der Waals surface area contributed by atoms with Gasteiger partial charge in [-0.25, -0.2) is 4.79 Å². The van der Waals surface area contributed by atoms with Gasteiger partial charge in [0.25, 0.3) is 0 Å². The van der Waals surface area contributed by atoms with E-state index >= 15 is 0 Å². The number of carbonyl (C=O) groups is 1. The zero-order valence-electron chi connectivity index (χ0n) is 12.8. The first-order valence-corrected chi connectivity index (χ1v) is 8.71. The summed E-state index contributed by atoms with van der Waals surface area (Å²) in [5.74, 6) is -0.898. The molecular formula is C17H26BrNO2. The summed E-state index contributed by atoms with van der Waals surface area (Å²) in [7, 11) is 0. The van der Waals surface area contributed by atoms with Crippen LogP contribution in [0.15, 0.2) is 22.7 Å². The average Bonchev–Trinajstić information content (AvgIpc) is 2.46. The molecule has 0 spiro atoms. The number of hydrogen-bond acceptors (Lipinski definition) is 2. The maximum Gasteiger partial charge on any atom is 0.335 e. The zero-order valence-corrected chi connectivity index (χ0v) is 14.4. The fourth-order valence-corrected chi connectivity index (χ4v) is 2.79. The maximum absolute atomic E-state index is 10.8. The van der Waals surface area contributed by atoms with E-state index in [0.717, 1.165) is 23.1 Å². The molecule has 21 heavy (non-hydrogen) atoms. The fraction of sp³-hybridized carbons (Fsp3) is 0.588. The number of anilines is 1. The van der Waals surface area contributed by atoms with Gasteiger partial charge in [0.2, 0.25) is 0 Å². The van der Waals surface area contributed by atoms with Crippen molar-refractivity contribution in [3.05, 3.63) is 28.2 Å². The number of hydrogen-bond donors (Lipinski definition) is 2. The van der Waals surface area contributed by atoms with E-state index < -0.39 is 5.97 Å². The van der Waals surface area contributed by atoms with Gasteiger partial charge in [-0.15, -0.1) is 0 Å². The van der Waals surface area contributed by atoms with Crippen LogP contribution in [0.1, 0.15) is 68.6 Å². The third kappa shape index (κ3) is 7.51. The number of halogens is 1. The van der Waals surface area contributed by atoms with Crippen LogP contribution in [-0.4, -0.2) is 17.6 Å². The Balaban J connectivity index is 2.14. The first kappa shape index (κ1) is 18.0. The van der Waals surface area contributed by atoms with Crippen molar-refractivity contribution in [3.63, 3.8) is 0 Å². The van der Waals surface area contributed by atoms with Crippen molar-refractivity contribution >= 4 is 27.6 Å². The van der Waals surface area contributed by atoms with Crippen LogP contribution in [0.3, 0.4) is 0 Å². The van der Waals surface area contributed by atoms with Crippen molar-refractivity contribution < 1.29 is 9.90 Å². The molecule has 0 aliphatic heterocycles. The molecule has 0 amide bonds. The SMILES string of the molecule is CCCCCCCCCCNc1ccc(C(=O)O)cc1Br. The van der Waals surface area contributed by atoms with Gasteiger partial charge in [0.15, 0.2) is 0 Å². The second-order valence-electron chi connectivity index (χ2n) is 5.40. The van der Waals surface area contributed by atoms with E-state index in [9.17, 15) is 4.79 Å². The van der Waals surface area contributed by atoms with Crippen molar-refractivity contribution in [2.75, 3.05) is 11.9 Å². The summed E-state index contributed by atoms with van der Waals surface area (Å²) in [6.45, 7) is 3.17. The molecule has 1 aromatic carbocycles. The first-order chi connectivity index (χ1) is 10.1. The van der Waals surface area contributed by atoms with Crippen LogP contribution < -0.4 is 5.32 Å². The monoisotopic (exact) mass is 355 g/mol. The Morgan fingerprint density at radius 3 is 2.29 bits per heavy atom. The minimum Gasteiger partial charge on any atom is -0.478 e. The number of carboxylic acids is 1. The van der Waals surface area contributed by atoms with Crippen molar-refractivity contribution in [2.24, 2.45) is 0 Å². The van der Waals surface area contributed by atoms with Crippen LogP contribution in [0.4, 0.5) is 5.69 Å². The summed E-state index contributed by atoms with van der Waals surface area (Å²) < 4.78 is 0.807. The lowest BCUT2D eigenvalue weighted by Gasteiger charge is -2.09. The van der Waals surface area contributed by atoms with Crippen LogP contribution in [0.5, 0.6) is 0 Å². The molecule has 0 aliphatic carbocycles. The molecule has 2 N–H and O–H groups in total. The van der Waals surface area contributed by atoms with Gasteiger partial charge < -0.3 is 10.4 Å². The van der Waals surface area contributed by atoms with Crippen LogP contribution in [0.2, 0.25) is 0 Å². The third-order valence-corrected chi connectivity index (χ3v) is 4.22. The lowest BCUT2D eigenvalue weighted by Crippen LogP contribution is -2.03. The molecule has 1 rings (SSSR count). The number of benzene rings is 1. The lowest BCUT2D eigenvalue weighted by atomic mass is 10.1. The largest absolute Gasteiger partial charge is 0.478 e. The number of unbranched alkanes of at least 4 members (excludes halogenated alkanes) is 7. The van der Waals surface area contributed by atoms with Crippen molar-refractivity contribution in [1.29, 1.82) is 0 Å². The quantitative estimate of drug-likeness (QED) is 0.500. The molecule has 0 bridgehead atoms. The Labute approximate surface area is 136 Å². The van der Waals surface area contributed by atoms with Gasteiger partial charge in [0.1, 0.15) is 0 Å². The summed E-state index contributed by atoms with van der Waals surface area (Å²) in [6.07, 6.45) is 10.5. The Hall–Kier alpha value is -1.03. The average molecular weight is 356 g/mol. The topological polar surface area (TPSA) is 49.3 Å². The molecule has 0 aromatic heterocycles. The minimum atomic E-state index is -0.898. The van der Waals surface area contributed by atoms with Crippen molar-refractivity contribution in [3.8, 4) is 0 Å². The number of nitrogens with one attached hydrogen (secondary N) is 1. The van der Waals surface area contributed by atoms with Crippen molar-refractivity contribution in [1.82, 2.24) is 0 Å². The summed E-state index contributed by atoms with van der Waals surface area (Å²) >= 11 is 3.41. The summed E-state index contributed by atoms with van der Waals surface area (Å²) in [4.78, 5) is 10.8. The molecule has 4 heteroatoms. The number of rotatable bonds is 11. The molecule has 0 saturated heterocycles. The van der Waals surface area contributed by atoms with E-state index in [4.69, 9.17) is 5.11 Å². The van der Waals surface area contributed by atoms with Gasteiger partial charge in [0.05, 0.1) is 5.56 Å².